The van der Waals surface area contributed by atoms with E-state index in [1.54, 1.807) is 42.9 Å². The fourth-order valence-electron chi connectivity index (χ4n) is 4.14. The summed E-state index contributed by atoms with van der Waals surface area (Å²) in [6.07, 6.45) is 2.12. The van der Waals surface area contributed by atoms with Crippen LogP contribution < -0.4 is 16.0 Å². The molecule has 0 aliphatic carbocycles. The van der Waals surface area contributed by atoms with Gasteiger partial charge >= 0.3 is 5.69 Å². The Hall–Kier alpha value is -2.96. The van der Waals surface area contributed by atoms with E-state index in [-0.39, 0.29) is 22.7 Å². The summed E-state index contributed by atoms with van der Waals surface area (Å²) >= 11 is 0. The van der Waals surface area contributed by atoms with Gasteiger partial charge in [0.25, 0.3) is 5.56 Å². The molecule has 33 heavy (non-hydrogen) atoms. The van der Waals surface area contributed by atoms with Crippen LogP contribution in [0, 0.1) is 0 Å². The molecule has 1 aromatic carbocycles. The third-order valence-corrected chi connectivity index (χ3v) is 8.00. The van der Waals surface area contributed by atoms with Crippen molar-refractivity contribution in [2.24, 2.45) is 14.1 Å². The summed E-state index contributed by atoms with van der Waals surface area (Å²) in [4.78, 5) is 31.9. The molecule has 4 rings (SSSR count). The normalized spacial score (nSPS) is 15.8. The number of ether oxygens (including phenoxy) is 1. The van der Waals surface area contributed by atoms with Crippen LogP contribution in [-0.4, -0.2) is 76.1 Å². The maximum Gasteiger partial charge on any atom is 0.332 e. The second kappa shape index (κ2) is 9.12. The molecule has 12 heteroatoms. The first-order valence-electron chi connectivity index (χ1n) is 10.7. The summed E-state index contributed by atoms with van der Waals surface area (Å²) in [5.74, 6) is 0.607. The SMILES string of the molecule is COc1ccc(S(=O)(=O)N2CCN(CCCn3c(=O)c4c(ncn4C)n(C)c3=O)CC2)cc1. The molecule has 1 aliphatic heterocycles. The zero-order valence-corrected chi connectivity index (χ0v) is 19.8. The molecule has 0 N–H and O–H groups in total. The van der Waals surface area contributed by atoms with Crippen molar-refractivity contribution in [3.63, 3.8) is 0 Å². The molecule has 0 bridgehead atoms. The number of aryl methyl sites for hydroxylation is 2. The van der Waals surface area contributed by atoms with Crippen LogP contribution in [-0.2, 0) is 30.7 Å². The molecular formula is C21H28N6O5S. The van der Waals surface area contributed by atoms with E-state index in [1.165, 1.54) is 26.9 Å². The fourth-order valence-corrected chi connectivity index (χ4v) is 5.56. The van der Waals surface area contributed by atoms with Crippen LogP contribution in [0.15, 0.2) is 45.1 Å². The number of hydrogen-bond acceptors (Lipinski definition) is 7. The van der Waals surface area contributed by atoms with Crippen molar-refractivity contribution in [2.45, 2.75) is 17.9 Å². The van der Waals surface area contributed by atoms with Crippen LogP contribution in [0.5, 0.6) is 5.75 Å². The summed E-state index contributed by atoms with van der Waals surface area (Å²) < 4.78 is 36.6. The van der Waals surface area contributed by atoms with Gasteiger partial charge in [0.2, 0.25) is 10.0 Å². The van der Waals surface area contributed by atoms with Crippen molar-refractivity contribution in [3.05, 3.63) is 51.4 Å². The van der Waals surface area contributed by atoms with Crippen molar-refractivity contribution in [3.8, 4) is 5.75 Å². The van der Waals surface area contributed by atoms with Crippen molar-refractivity contribution < 1.29 is 13.2 Å². The number of hydrogen-bond donors (Lipinski definition) is 0. The number of rotatable bonds is 7. The van der Waals surface area contributed by atoms with E-state index in [1.807, 2.05) is 0 Å². The van der Waals surface area contributed by atoms with Crippen molar-refractivity contribution in [1.29, 1.82) is 0 Å². The first-order valence-corrected chi connectivity index (χ1v) is 12.2. The number of fused-ring (bicyclic) bond motifs is 1. The molecule has 0 radical (unpaired) electrons. The molecule has 0 atom stereocenters. The van der Waals surface area contributed by atoms with Gasteiger partial charge in [-0.3, -0.25) is 13.9 Å². The molecule has 2 aromatic heterocycles. The van der Waals surface area contributed by atoms with Crippen LogP contribution in [0.3, 0.4) is 0 Å². The van der Waals surface area contributed by atoms with E-state index in [0.29, 0.717) is 56.1 Å². The van der Waals surface area contributed by atoms with Crippen molar-refractivity contribution in [2.75, 3.05) is 39.8 Å². The van der Waals surface area contributed by atoms with Crippen LogP contribution in [0.25, 0.3) is 11.2 Å². The van der Waals surface area contributed by atoms with Gasteiger partial charge in [0.1, 0.15) is 5.75 Å². The predicted molar refractivity (Wildman–Crippen MR) is 123 cm³/mol. The van der Waals surface area contributed by atoms with Gasteiger partial charge in [-0.05, 0) is 37.2 Å². The first kappa shape index (κ1) is 23.2. The molecule has 3 aromatic rings. The van der Waals surface area contributed by atoms with E-state index in [9.17, 15) is 18.0 Å². The first-order chi connectivity index (χ1) is 15.7. The number of sulfonamides is 1. The monoisotopic (exact) mass is 476 g/mol. The summed E-state index contributed by atoms with van der Waals surface area (Å²) in [6, 6.07) is 6.38. The van der Waals surface area contributed by atoms with Gasteiger partial charge in [0.15, 0.2) is 11.2 Å². The quantitative estimate of drug-likeness (QED) is 0.466. The highest BCUT2D eigenvalue weighted by Crippen LogP contribution is 2.20. The number of piperazine rings is 1. The van der Waals surface area contributed by atoms with E-state index >= 15 is 0 Å². The van der Waals surface area contributed by atoms with Gasteiger partial charge in [-0.25, -0.2) is 18.2 Å². The molecule has 178 valence electrons. The molecule has 0 unspecified atom stereocenters. The van der Waals surface area contributed by atoms with Crippen LogP contribution in [0.1, 0.15) is 6.42 Å². The van der Waals surface area contributed by atoms with Gasteiger partial charge < -0.3 is 14.2 Å². The zero-order valence-electron chi connectivity index (χ0n) is 19.0. The highest BCUT2D eigenvalue weighted by Gasteiger charge is 2.28. The van der Waals surface area contributed by atoms with E-state index < -0.39 is 10.0 Å². The highest BCUT2D eigenvalue weighted by molar-refractivity contribution is 7.89. The third kappa shape index (κ3) is 4.33. The van der Waals surface area contributed by atoms with Gasteiger partial charge in [-0.2, -0.15) is 4.31 Å². The number of nitrogens with zero attached hydrogens (tertiary/aromatic N) is 6. The molecule has 1 saturated heterocycles. The Labute approximate surface area is 191 Å². The maximum atomic E-state index is 12.9. The van der Waals surface area contributed by atoms with Crippen molar-refractivity contribution in [1.82, 2.24) is 27.9 Å². The van der Waals surface area contributed by atoms with Crippen LogP contribution >= 0.6 is 0 Å². The zero-order chi connectivity index (χ0) is 23.8. The lowest BCUT2D eigenvalue weighted by atomic mass is 10.3. The Morgan fingerprint density at radius 2 is 1.67 bits per heavy atom. The standard InChI is InChI=1S/C21H28N6O5S/c1-23-15-22-19-18(23)20(28)27(21(29)24(19)2)10-4-9-25-11-13-26(14-12-25)33(30,31)17-7-5-16(32-3)6-8-17/h5-8,15H,4,9-14H2,1-3H3. The molecule has 3 heterocycles. The Balaban J connectivity index is 1.36. The van der Waals surface area contributed by atoms with Gasteiger partial charge in [0.05, 0.1) is 18.3 Å². The summed E-state index contributed by atoms with van der Waals surface area (Å²) in [6.45, 7) is 2.90. The second-order valence-corrected chi connectivity index (χ2v) is 10.0. The van der Waals surface area contributed by atoms with E-state index in [0.717, 1.165) is 0 Å². The molecular weight excluding hydrogens is 448 g/mol. The minimum Gasteiger partial charge on any atom is -0.497 e. The number of aromatic nitrogens is 4. The molecule has 1 fully saturated rings. The second-order valence-electron chi connectivity index (χ2n) is 8.10. The van der Waals surface area contributed by atoms with Crippen LogP contribution in [0.4, 0.5) is 0 Å². The Morgan fingerprint density at radius 1 is 1.00 bits per heavy atom. The predicted octanol–water partition coefficient (Wildman–Crippen LogP) is -0.161. The summed E-state index contributed by atoms with van der Waals surface area (Å²) in [5.41, 5.74) is 0.0394. The van der Waals surface area contributed by atoms with Gasteiger partial charge in [0, 0.05) is 46.8 Å². The van der Waals surface area contributed by atoms with Gasteiger partial charge in [-0.1, -0.05) is 0 Å². The molecule has 11 nitrogen and oxygen atoms in total. The average Bonchev–Trinajstić information content (AvgIpc) is 3.22. The lowest BCUT2D eigenvalue weighted by Gasteiger charge is -2.34. The molecule has 0 saturated carbocycles. The van der Waals surface area contributed by atoms with Crippen molar-refractivity contribution >= 4 is 21.2 Å². The topological polar surface area (TPSA) is 112 Å². The summed E-state index contributed by atoms with van der Waals surface area (Å²) in [5, 5.41) is 0. The minimum atomic E-state index is -3.56. The molecule has 1 aliphatic rings. The number of benzene rings is 1. The lowest BCUT2D eigenvalue weighted by Crippen LogP contribution is -2.49. The highest BCUT2D eigenvalue weighted by atomic mass is 32.2. The lowest BCUT2D eigenvalue weighted by molar-refractivity contribution is 0.184. The Morgan fingerprint density at radius 3 is 2.30 bits per heavy atom. The van der Waals surface area contributed by atoms with E-state index in [2.05, 4.69) is 9.88 Å². The largest absolute Gasteiger partial charge is 0.497 e. The maximum absolute atomic E-state index is 12.9. The molecule has 0 spiro atoms. The number of imidazole rings is 1. The Bertz CT molecular complexity index is 1370. The third-order valence-electron chi connectivity index (χ3n) is 6.09. The minimum absolute atomic E-state index is 0.248. The Kier molecular flexibility index (Phi) is 6.41. The van der Waals surface area contributed by atoms with Gasteiger partial charge in [-0.15, -0.1) is 0 Å². The fraction of sp³-hybridized carbons (Fsp3) is 0.476. The molecule has 0 amide bonds. The van der Waals surface area contributed by atoms with Crippen LogP contribution in [0.2, 0.25) is 0 Å². The van der Waals surface area contributed by atoms with E-state index in [4.69, 9.17) is 4.74 Å². The smallest absolute Gasteiger partial charge is 0.332 e. The number of methoxy groups -OCH3 is 1. The average molecular weight is 477 g/mol. The summed E-state index contributed by atoms with van der Waals surface area (Å²) in [7, 11) is 1.31.